The van der Waals surface area contributed by atoms with Crippen molar-refractivity contribution in [2.24, 2.45) is 13.0 Å². The van der Waals surface area contributed by atoms with Gasteiger partial charge < -0.3 is 10.2 Å². The van der Waals surface area contributed by atoms with Crippen molar-refractivity contribution in [3.05, 3.63) is 51.4 Å². The van der Waals surface area contributed by atoms with Gasteiger partial charge in [0.15, 0.2) is 0 Å². The van der Waals surface area contributed by atoms with E-state index in [1.54, 1.807) is 13.2 Å². The van der Waals surface area contributed by atoms with Gasteiger partial charge in [-0.2, -0.15) is 5.10 Å². The molecular formula is C17H19BrN4O2. The van der Waals surface area contributed by atoms with Gasteiger partial charge in [-0.05, 0) is 40.9 Å². The Morgan fingerprint density at radius 3 is 2.83 bits per heavy atom. The van der Waals surface area contributed by atoms with Crippen molar-refractivity contribution in [2.45, 2.75) is 12.8 Å². The molecule has 126 valence electrons. The maximum absolute atomic E-state index is 12.5. The Morgan fingerprint density at radius 1 is 1.33 bits per heavy atom. The lowest BCUT2D eigenvalue weighted by Crippen LogP contribution is -2.41. The third kappa shape index (κ3) is 3.51. The lowest BCUT2D eigenvalue weighted by atomic mass is 9.96. The number of amides is 1. The summed E-state index contributed by atoms with van der Waals surface area (Å²) in [5.74, 6) is -0.103. The molecule has 1 aliphatic heterocycles. The fourth-order valence-corrected chi connectivity index (χ4v) is 3.51. The van der Waals surface area contributed by atoms with Gasteiger partial charge in [-0.25, -0.2) is 4.68 Å². The maximum Gasteiger partial charge on any atom is 0.282 e. The number of benzene rings is 1. The predicted molar refractivity (Wildman–Crippen MR) is 97.2 cm³/mol. The smallest absolute Gasteiger partial charge is 0.282 e. The van der Waals surface area contributed by atoms with E-state index in [2.05, 4.69) is 31.2 Å². The molecule has 1 unspecified atom stereocenters. The summed E-state index contributed by atoms with van der Waals surface area (Å²) in [6, 6.07) is 9.45. The number of carbonyl (C=O) groups is 1. The minimum atomic E-state index is -0.177. The van der Waals surface area contributed by atoms with E-state index in [-0.39, 0.29) is 17.4 Å². The van der Waals surface area contributed by atoms with Crippen molar-refractivity contribution in [3.63, 3.8) is 0 Å². The molecule has 3 rings (SSSR count). The molecule has 1 atom stereocenters. The Hall–Kier alpha value is -2.15. The summed E-state index contributed by atoms with van der Waals surface area (Å²) in [5, 5.41) is 7.04. The molecule has 2 aromatic rings. The first-order valence-corrected chi connectivity index (χ1v) is 8.68. The number of halogens is 1. The largest absolute Gasteiger partial charge is 0.368 e. The van der Waals surface area contributed by atoms with E-state index in [9.17, 15) is 9.59 Å². The van der Waals surface area contributed by atoms with E-state index in [1.165, 1.54) is 4.68 Å². The highest BCUT2D eigenvalue weighted by Gasteiger charge is 2.27. The van der Waals surface area contributed by atoms with E-state index in [1.807, 2.05) is 30.3 Å². The van der Waals surface area contributed by atoms with E-state index in [0.717, 1.165) is 30.8 Å². The number of rotatable bonds is 3. The highest BCUT2D eigenvalue weighted by atomic mass is 79.9. The summed E-state index contributed by atoms with van der Waals surface area (Å²) >= 11 is 3.36. The topological polar surface area (TPSA) is 67.2 Å². The molecular weight excluding hydrogens is 372 g/mol. The highest BCUT2D eigenvalue weighted by molar-refractivity contribution is 9.10. The van der Waals surface area contributed by atoms with Crippen molar-refractivity contribution in [3.8, 4) is 0 Å². The summed E-state index contributed by atoms with van der Waals surface area (Å²) in [7, 11) is 1.61. The van der Waals surface area contributed by atoms with Crippen molar-refractivity contribution < 1.29 is 4.79 Å². The van der Waals surface area contributed by atoms with Gasteiger partial charge in [0.2, 0.25) is 5.91 Å². The van der Waals surface area contributed by atoms with Gasteiger partial charge in [0.05, 0.1) is 17.8 Å². The average molecular weight is 391 g/mol. The fourth-order valence-electron chi connectivity index (χ4n) is 2.90. The first-order valence-electron chi connectivity index (χ1n) is 7.89. The molecule has 24 heavy (non-hydrogen) atoms. The Kier molecular flexibility index (Phi) is 4.99. The number of para-hydroxylation sites is 1. The molecule has 0 bridgehead atoms. The predicted octanol–water partition coefficient (Wildman–Crippen LogP) is 2.40. The molecule has 2 heterocycles. The second-order valence-electron chi connectivity index (χ2n) is 5.91. The monoisotopic (exact) mass is 390 g/mol. The van der Waals surface area contributed by atoms with E-state index in [4.69, 9.17) is 0 Å². The van der Waals surface area contributed by atoms with Crippen molar-refractivity contribution in [1.29, 1.82) is 0 Å². The Morgan fingerprint density at radius 2 is 2.08 bits per heavy atom. The Labute approximate surface area is 148 Å². The average Bonchev–Trinajstić information content (AvgIpc) is 2.61. The SMILES string of the molecule is Cn1ncc(N2CCCC(C(=O)Nc3ccccc3)C2)c(Br)c1=O. The highest BCUT2D eigenvalue weighted by Crippen LogP contribution is 2.27. The van der Waals surface area contributed by atoms with Gasteiger partial charge in [0.1, 0.15) is 4.47 Å². The third-order valence-corrected chi connectivity index (χ3v) is 4.98. The molecule has 1 aromatic heterocycles. The molecule has 1 fully saturated rings. The summed E-state index contributed by atoms with van der Waals surface area (Å²) in [4.78, 5) is 26.6. The van der Waals surface area contributed by atoms with Crippen LogP contribution in [0.3, 0.4) is 0 Å². The number of piperidine rings is 1. The first kappa shape index (κ1) is 16.7. The van der Waals surface area contributed by atoms with Crippen LogP contribution in [0.4, 0.5) is 11.4 Å². The van der Waals surface area contributed by atoms with Gasteiger partial charge in [0.25, 0.3) is 5.56 Å². The van der Waals surface area contributed by atoms with Crippen LogP contribution >= 0.6 is 15.9 Å². The molecule has 1 N–H and O–H groups in total. The minimum absolute atomic E-state index is 0.0128. The third-order valence-electron chi connectivity index (χ3n) is 4.23. The lowest BCUT2D eigenvalue weighted by Gasteiger charge is -2.33. The van der Waals surface area contributed by atoms with Crippen molar-refractivity contribution in [1.82, 2.24) is 9.78 Å². The number of anilines is 2. The number of hydrogen-bond acceptors (Lipinski definition) is 4. The van der Waals surface area contributed by atoms with Crippen LogP contribution < -0.4 is 15.8 Å². The van der Waals surface area contributed by atoms with Crippen molar-refractivity contribution in [2.75, 3.05) is 23.3 Å². The maximum atomic E-state index is 12.5. The second kappa shape index (κ2) is 7.17. The van der Waals surface area contributed by atoms with Crippen LogP contribution in [0.2, 0.25) is 0 Å². The van der Waals surface area contributed by atoms with Gasteiger partial charge in [0, 0.05) is 25.8 Å². The van der Waals surface area contributed by atoms with Crippen LogP contribution in [0.5, 0.6) is 0 Å². The van der Waals surface area contributed by atoms with Crippen LogP contribution in [0.1, 0.15) is 12.8 Å². The van der Waals surface area contributed by atoms with Gasteiger partial charge >= 0.3 is 0 Å². The normalized spacial score (nSPS) is 17.6. The van der Waals surface area contributed by atoms with Gasteiger partial charge in [-0.1, -0.05) is 18.2 Å². The molecule has 0 aliphatic carbocycles. The molecule has 1 saturated heterocycles. The number of carbonyl (C=O) groups excluding carboxylic acids is 1. The number of aromatic nitrogens is 2. The first-order chi connectivity index (χ1) is 11.6. The zero-order valence-electron chi connectivity index (χ0n) is 13.4. The molecule has 1 aromatic carbocycles. The summed E-state index contributed by atoms with van der Waals surface area (Å²) < 4.78 is 1.78. The Bertz CT molecular complexity index is 791. The second-order valence-corrected chi connectivity index (χ2v) is 6.71. The van der Waals surface area contributed by atoms with Crippen LogP contribution in [-0.4, -0.2) is 28.8 Å². The quantitative estimate of drug-likeness (QED) is 0.873. The lowest BCUT2D eigenvalue weighted by molar-refractivity contribution is -0.120. The molecule has 0 spiro atoms. The zero-order chi connectivity index (χ0) is 17.1. The standard InChI is InChI=1S/C17H19BrN4O2/c1-21-17(24)15(18)14(10-19-21)22-9-5-6-12(11-22)16(23)20-13-7-3-2-4-8-13/h2-4,7-8,10,12H,5-6,9,11H2,1H3,(H,20,23). The van der Waals surface area contributed by atoms with E-state index >= 15 is 0 Å². The van der Waals surface area contributed by atoms with Crippen LogP contribution in [0.15, 0.2) is 45.8 Å². The van der Waals surface area contributed by atoms with Crippen molar-refractivity contribution >= 4 is 33.2 Å². The minimum Gasteiger partial charge on any atom is -0.368 e. The Balaban J connectivity index is 1.74. The number of aryl methyl sites for hydroxylation is 1. The number of hydrogen-bond donors (Lipinski definition) is 1. The molecule has 6 nitrogen and oxygen atoms in total. The fraction of sp³-hybridized carbons (Fsp3) is 0.353. The summed E-state index contributed by atoms with van der Waals surface area (Å²) in [6.07, 6.45) is 3.41. The summed E-state index contributed by atoms with van der Waals surface area (Å²) in [6.45, 7) is 1.38. The van der Waals surface area contributed by atoms with Crippen LogP contribution in [0.25, 0.3) is 0 Å². The molecule has 1 aliphatic rings. The van der Waals surface area contributed by atoms with Gasteiger partial charge in [-0.15, -0.1) is 0 Å². The molecule has 0 saturated carbocycles. The van der Waals surface area contributed by atoms with Gasteiger partial charge in [-0.3, -0.25) is 9.59 Å². The van der Waals surface area contributed by atoms with E-state index in [0.29, 0.717) is 11.0 Å². The molecule has 0 radical (unpaired) electrons. The summed E-state index contributed by atoms with van der Waals surface area (Å²) in [5.41, 5.74) is 1.37. The number of nitrogens with one attached hydrogen (secondary N) is 1. The molecule has 7 heteroatoms. The van der Waals surface area contributed by atoms with Crippen LogP contribution in [0, 0.1) is 5.92 Å². The molecule has 1 amide bonds. The van der Waals surface area contributed by atoms with Crippen LogP contribution in [-0.2, 0) is 11.8 Å². The number of nitrogens with zero attached hydrogens (tertiary/aromatic N) is 3. The van der Waals surface area contributed by atoms with E-state index < -0.39 is 0 Å². The zero-order valence-corrected chi connectivity index (χ0v) is 15.0.